The van der Waals surface area contributed by atoms with Gasteiger partial charge in [-0.2, -0.15) is 0 Å². The van der Waals surface area contributed by atoms with Gasteiger partial charge in [0.25, 0.3) is 0 Å². The van der Waals surface area contributed by atoms with Crippen molar-refractivity contribution in [1.29, 1.82) is 0 Å². The molecular formula is C11H24N2. The second-order valence-electron chi connectivity index (χ2n) is 4.80. The van der Waals surface area contributed by atoms with E-state index in [1.165, 1.54) is 39.0 Å². The first kappa shape index (κ1) is 11.0. The van der Waals surface area contributed by atoms with Gasteiger partial charge in [0, 0.05) is 0 Å². The van der Waals surface area contributed by atoms with Gasteiger partial charge >= 0.3 is 0 Å². The van der Waals surface area contributed by atoms with E-state index >= 15 is 0 Å². The molecule has 0 amide bonds. The highest BCUT2D eigenvalue weighted by molar-refractivity contribution is 4.75. The summed E-state index contributed by atoms with van der Waals surface area (Å²) >= 11 is 0. The van der Waals surface area contributed by atoms with Gasteiger partial charge in [-0.25, -0.2) is 0 Å². The lowest BCUT2D eigenvalue weighted by Crippen LogP contribution is -2.43. The Labute approximate surface area is 82.7 Å². The third kappa shape index (κ3) is 4.63. The van der Waals surface area contributed by atoms with Crippen LogP contribution >= 0.6 is 0 Å². The highest BCUT2D eigenvalue weighted by Gasteiger charge is 2.16. The largest absolute Gasteiger partial charge is 0.316 e. The molecule has 1 N–H and O–H groups in total. The zero-order valence-corrected chi connectivity index (χ0v) is 9.34. The van der Waals surface area contributed by atoms with Crippen LogP contribution in [0.4, 0.5) is 0 Å². The van der Waals surface area contributed by atoms with Crippen LogP contribution in [0.3, 0.4) is 0 Å². The SMILES string of the molecule is CC(C)CCN(C)CCC1CNC1. The van der Waals surface area contributed by atoms with Crippen molar-refractivity contribution in [2.75, 3.05) is 33.2 Å². The summed E-state index contributed by atoms with van der Waals surface area (Å²) in [6, 6.07) is 0. The Bertz CT molecular complexity index is 130. The molecule has 2 nitrogen and oxygen atoms in total. The van der Waals surface area contributed by atoms with Crippen molar-refractivity contribution < 1.29 is 0 Å². The van der Waals surface area contributed by atoms with Gasteiger partial charge in [-0.1, -0.05) is 13.8 Å². The summed E-state index contributed by atoms with van der Waals surface area (Å²) in [5, 5.41) is 3.32. The van der Waals surface area contributed by atoms with Crippen LogP contribution in [0.5, 0.6) is 0 Å². The molecule has 0 saturated carbocycles. The molecule has 0 radical (unpaired) electrons. The fourth-order valence-corrected chi connectivity index (χ4v) is 1.55. The topological polar surface area (TPSA) is 15.3 Å². The normalized spacial score (nSPS) is 18.2. The zero-order valence-electron chi connectivity index (χ0n) is 9.34. The summed E-state index contributed by atoms with van der Waals surface area (Å²) in [6.45, 7) is 9.63. The maximum Gasteiger partial charge on any atom is -0.000778 e. The minimum atomic E-state index is 0.841. The molecule has 0 unspecified atom stereocenters. The van der Waals surface area contributed by atoms with E-state index in [2.05, 4.69) is 31.1 Å². The number of rotatable bonds is 6. The third-order valence-electron chi connectivity index (χ3n) is 2.87. The van der Waals surface area contributed by atoms with Crippen LogP contribution in [0.2, 0.25) is 0 Å². The molecule has 0 aromatic carbocycles. The van der Waals surface area contributed by atoms with Gasteiger partial charge < -0.3 is 10.2 Å². The fourth-order valence-electron chi connectivity index (χ4n) is 1.55. The average molecular weight is 184 g/mol. The van der Waals surface area contributed by atoms with Crippen LogP contribution in [-0.4, -0.2) is 38.1 Å². The summed E-state index contributed by atoms with van der Waals surface area (Å²) in [5.41, 5.74) is 0. The van der Waals surface area contributed by atoms with E-state index in [0.29, 0.717) is 0 Å². The summed E-state index contributed by atoms with van der Waals surface area (Å²) in [4.78, 5) is 2.47. The Hall–Kier alpha value is -0.0800. The molecule has 13 heavy (non-hydrogen) atoms. The van der Waals surface area contributed by atoms with Gasteiger partial charge in [-0.3, -0.25) is 0 Å². The molecule has 0 spiro atoms. The van der Waals surface area contributed by atoms with Crippen molar-refractivity contribution in [2.24, 2.45) is 11.8 Å². The van der Waals surface area contributed by atoms with Crippen molar-refractivity contribution in [1.82, 2.24) is 10.2 Å². The lowest BCUT2D eigenvalue weighted by molar-refractivity contribution is 0.248. The Morgan fingerprint density at radius 2 is 2.00 bits per heavy atom. The smallest absolute Gasteiger partial charge is 0.000778 e. The molecule has 0 bridgehead atoms. The molecular weight excluding hydrogens is 160 g/mol. The molecule has 1 aliphatic heterocycles. The minimum Gasteiger partial charge on any atom is -0.316 e. The summed E-state index contributed by atoms with van der Waals surface area (Å²) in [6.07, 6.45) is 2.71. The van der Waals surface area contributed by atoms with E-state index < -0.39 is 0 Å². The van der Waals surface area contributed by atoms with E-state index in [0.717, 1.165) is 11.8 Å². The van der Waals surface area contributed by atoms with Crippen molar-refractivity contribution in [3.63, 3.8) is 0 Å². The molecule has 1 rings (SSSR count). The second-order valence-corrected chi connectivity index (χ2v) is 4.80. The molecule has 0 aromatic rings. The van der Waals surface area contributed by atoms with Crippen LogP contribution in [0.25, 0.3) is 0 Å². The van der Waals surface area contributed by atoms with Gasteiger partial charge in [0.1, 0.15) is 0 Å². The van der Waals surface area contributed by atoms with Crippen molar-refractivity contribution in [3.8, 4) is 0 Å². The fraction of sp³-hybridized carbons (Fsp3) is 1.00. The Morgan fingerprint density at radius 3 is 2.46 bits per heavy atom. The lowest BCUT2D eigenvalue weighted by atomic mass is 9.99. The monoisotopic (exact) mass is 184 g/mol. The molecule has 1 heterocycles. The summed E-state index contributed by atoms with van der Waals surface area (Å²) in [7, 11) is 2.24. The molecule has 0 aromatic heterocycles. The first-order valence-electron chi connectivity index (χ1n) is 5.57. The van der Waals surface area contributed by atoms with Crippen LogP contribution < -0.4 is 5.32 Å². The number of nitrogens with zero attached hydrogens (tertiary/aromatic N) is 1. The Morgan fingerprint density at radius 1 is 1.31 bits per heavy atom. The molecule has 0 atom stereocenters. The minimum absolute atomic E-state index is 0.841. The highest BCUT2D eigenvalue weighted by Crippen LogP contribution is 2.09. The molecule has 78 valence electrons. The number of hydrogen-bond donors (Lipinski definition) is 1. The lowest BCUT2D eigenvalue weighted by Gasteiger charge is -2.29. The van der Waals surface area contributed by atoms with Crippen LogP contribution in [0.1, 0.15) is 26.7 Å². The molecule has 0 aliphatic carbocycles. The predicted molar refractivity (Wildman–Crippen MR) is 57.9 cm³/mol. The average Bonchev–Trinajstić information content (AvgIpc) is 1.98. The number of nitrogens with one attached hydrogen (secondary N) is 1. The van der Waals surface area contributed by atoms with Crippen molar-refractivity contribution >= 4 is 0 Å². The third-order valence-corrected chi connectivity index (χ3v) is 2.87. The van der Waals surface area contributed by atoms with Gasteiger partial charge in [0.2, 0.25) is 0 Å². The van der Waals surface area contributed by atoms with E-state index in [1.54, 1.807) is 0 Å². The zero-order chi connectivity index (χ0) is 9.68. The van der Waals surface area contributed by atoms with Crippen LogP contribution in [0.15, 0.2) is 0 Å². The first-order valence-corrected chi connectivity index (χ1v) is 5.57. The van der Waals surface area contributed by atoms with E-state index in [1.807, 2.05) is 0 Å². The van der Waals surface area contributed by atoms with E-state index in [-0.39, 0.29) is 0 Å². The maximum atomic E-state index is 3.32. The molecule has 1 fully saturated rings. The van der Waals surface area contributed by atoms with Crippen LogP contribution in [-0.2, 0) is 0 Å². The van der Waals surface area contributed by atoms with Crippen molar-refractivity contribution in [3.05, 3.63) is 0 Å². The van der Waals surface area contributed by atoms with Gasteiger partial charge in [0.15, 0.2) is 0 Å². The van der Waals surface area contributed by atoms with E-state index in [4.69, 9.17) is 0 Å². The Balaban J connectivity index is 1.93. The summed E-state index contributed by atoms with van der Waals surface area (Å²) < 4.78 is 0. The number of hydrogen-bond acceptors (Lipinski definition) is 2. The maximum absolute atomic E-state index is 3.32. The predicted octanol–water partition coefficient (Wildman–Crippen LogP) is 1.57. The van der Waals surface area contributed by atoms with Crippen LogP contribution in [0, 0.1) is 11.8 Å². The molecule has 2 heteroatoms. The molecule has 1 saturated heterocycles. The van der Waals surface area contributed by atoms with E-state index in [9.17, 15) is 0 Å². The Kier molecular flexibility index (Phi) is 4.74. The standard InChI is InChI=1S/C11H24N2/c1-10(2)4-6-13(3)7-5-11-8-12-9-11/h10-12H,4-9H2,1-3H3. The molecule has 1 aliphatic rings. The van der Waals surface area contributed by atoms with Gasteiger partial charge in [-0.15, -0.1) is 0 Å². The van der Waals surface area contributed by atoms with Gasteiger partial charge in [0.05, 0.1) is 0 Å². The quantitative estimate of drug-likeness (QED) is 0.674. The highest BCUT2D eigenvalue weighted by atomic mass is 15.1. The van der Waals surface area contributed by atoms with Gasteiger partial charge in [-0.05, 0) is 57.9 Å². The first-order chi connectivity index (χ1) is 6.18. The summed E-state index contributed by atoms with van der Waals surface area (Å²) in [5.74, 6) is 1.80. The van der Waals surface area contributed by atoms with Crippen molar-refractivity contribution in [2.45, 2.75) is 26.7 Å². The second kappa shape index (κ2) is 5.61.